The summed E-state index contributed by atoms with van der Waals surface area (Å²) < 4.78 is 86.8. The van der Waals surface area contributed by atoms with E-state index in [0.717, 1.165) is 69.0 Å². The molecule has 1 N–H and O–H groups in total. The predicted molar refractivity (Wildman–Crippen MR) is 260 cm³/mol. The second-order valence-corrected chi connectivity index (χ2v) is 21.2. The number of ether oxygens (including phenoxy) is 4. The zero-order valence-electron chi connectivity index (χ0n) is 41.3. The molecule has 19 heteroatoms. The number of rotatable bonds is 15. The summed E-state index contributed by atoms with van der Waals surface area (Å²) in [6, 6.07) is 15.7. The number of alkyl halides is 4. The van der Waals surface area contributed by atoms with Gasteiger partial charge in [0.1, 0.15) is 47.0 Å². The first-order valence-corrected chi connectivity index (χ1v) is 25.5. The SMILES string of the molecule is COc1ccc(CN(Cc2ccc(OC)cc2)c2cc(C)c(C(F)(F)F)c(C(O)c3nc4nc(OC[C@@]56CCCN5C[C@H](F)C6)nc(N5CC6CCC(C5)N6C(=O)OC5(C)CCC5)c4n3C3CCC3)n2)cc1. The zero-order chi connectivity index (χ0) is 50.1. The average molecular weight is 998 g/mol. The molecule has 2 aromatic carbocycles. The van der Waals surface area contributed by atoms with Crippen LogP contribution in [0.25, 0.3) is 11.2 Å². The number of imidazole rings is 1. The minimum absolute atomic E-state index is 0.00656. The number of benzene rings is 2. The molecule has 15 nitrogen and oxygen atoms in total. The summed E-state index contributed by atoms with van der Waals surface area (Å²) in [4.78, 5) is 41.5. The van der Waals surface area contributed by atoms with E-state index in [-0.39, 0.29) is 72.8 Å². The summed E-state index contributed by atoms with van der Waals surface area (Å²) >= 11 is 0. The Morgan fingerprint density at radius 2 is 1.50 bits per heavy atom. The number of anilines is 2. The lowest BCUT2D eigenvalue weighted by Crippen LogP contribution is -2.57. The molecule has 4 saturated heterocycles. The number of aromatic nitrogens is 5. The van der Waals surface area contributed by atoms with E-state index >= 15 is 13.2 Å². The number of carbonyl (C=O) groups is 1. The number of aryl methyl sites for hydroxylation is 1. The lowest BCUT2D eigenvalue weighted by atomic mass is 9.82. The molecule has 7 heterocycles. The Morgan fingerprint density at radius 3 is 2.07 bits per heavy atom. The Hall–Kier alpha value is -5.95. The van der Waals surface area contributed by atoms with Gasteiger partial charge in [0.05, 0.1) is 43.1 Å². The van der Waals surface area contributed by atoms with Gasteiger partial charge in [-0.15, -0.1) is 0 Å². The average Bonchev–Trinajstić information content (AvgIpc) is 4.06. The number of nitrogens with zero attached hydrogens (tertiary/aromatic N) is 9. The molecule has 1 amide bonds. The van der Waals surface area contributed by atoms with Crippen molar-refractivity contribution in [1.29, 1.82) is 0 Å². The van der Waals surface area contributed by atoms with Crippen LogP contribution in [0.5, 0.6) is 17.5 Å². The molecular weight excluding hydrogens is 935 g/mol. The second kappa shape index (κ2) is 18.8. The highest BCUT2D eigenvalue weighted by Gasteiger charge is 2.51. The van der Waals surface area contributed by atoms with Gasteiger partial charge in [0.15, 0.2) is 17.6 Å². The summed E-state index contributed by atoms with van der Waals surface area (Å²) in [5, 5.41) is 12.8. The maximum Gasteiger partial charge on any atom is 0.418 e. The Bertz CT molecular complexity index is 2740. The number of hydrogen-bond donors (Lipinski definition) is 1. The Labute approximate surface area is 416 Å². The minimum atomic E-state index is -4.90. The number of aliphatic hydroxyl groups excluding tert-OH is 1. The Kier molecular flexibility index (Phi) is 12.6. The maximum atomic E-state index is 15.5. The molecule has 6 fully saturated rings. The minimum Gasteiger partial charge on any atom is -0.497 e. The van der Waals surface area contributed by atoms with Gasteiger partial charge in [-0.05, 0) is 132 Å². The van der Waals surface area contributed by atoms with Crippen molar-refractivity contribution in [2.24, 2.45) is 0 Å². The van der Waals surface area contributed by atoms with Crippen LogP contribution in [-0.4, -0.2) is 122 Å². The lowest BCUT2D eigenvalue weighted by Gasteiger charge is -2.44. The van der Waals surface area contributed by atoms with Crippen LogP contribution in [0.1, 0.15) is 123 Å². The number of methoxy groups -OCH3 is 2. The summed E-state index contributed by atoms with van der Waals surface area (Å²) in [6.45, 7) is 5.97. The van der Waals surface area contributed by atoms with E-state index in [2.05, 4.69) is 9.80 Å². The molecule has 0 radical (unpaired) electrons. The van der Waals surface area contributed by atoms with Gasteiger partial charge in [0, 0.05) is 45.2 Å². The molecule has 3 aromatic heterocycles. The van der Waals surface area contributed by atoms with E-state index in [9.17, 15) is 14.3 Å². The van der Waals surface area contributed by atoms with Gasteiger partial charge < -0.3 is 38.4 Å². The van der Waals surface area contributed by atoms with E-state index in [1.54, 1.807) is 14.2 Å². The molecule has 5 atom stereocenters. The Balaban J connectivity index is 1.01. The highest BCUT2D eigenvalue weighted by Crippen LogP contribution is 2.46. The normalized spacial score (nSPS) is 24.2. The fourth-order valence-electron chi connectivity index (χ4n) is 12.2. The topological polar surface area (TPSA) is 144 Å². The number of halogens is 4. The fourth-order valence-corrected chi connectivity index (χ4v) is 12.2. The number of aliphatic hydroxyl groups is 1. The van der Waals surface area contributed by atoms with Crippen LogP contribution in [-0.2, 0) is 24.0 Å². The van der Waals surface area contributed by atoms with Crippen molar-refractivity contribution in [3.8, 4) is 17.5 Å². The van der Waals surface area contributed by atoms with Crippen molar-refractivity contribution < 1.29 is 46.4 Å². The van der Waals surface area contributed by atoms with Crippen LogP contribution in [0.15, 0.2) is 54.6 Å². The lowest BCUT2D eigenvalue weighted by molar-refractivity contribution is -0.139. The summed E-state index contributed by atoms with van der Waals surface area (Å²) in [6.07, 6.45) is 0.290. The van der Waals surface area contributed by atoms with Crippen LogP contribution >= 0.6 is 0 Å². The van der Waals surface area contributed by atoms with Crippen LogP contribution < -0.4 is 24.0 Å². The second-order valence-electron chi connectivity index (χ2n) is 21.2. The van der Waals surface area contributed by atoms with E-state index in [1.165, 1.54) is 13.0 Å². The van der Waals surface area contributed by atoms with E-state index in [4.69, 9.17) is 38.9 Å². The molecule has 4 aliphatic heterocycles. The van der Waals surface area contributed by atoms with Crippen molar-refractivity contribution in [3.05, 3.63) is 88.4 Å². The molecule has 384 valence electrons. The molecule has 0 spiro atoms. The van der Waals surface area contributed by atoms with Crippen molar-refractivity contribution in [2.45, 2.75) is 145 Å². The molecule has 2 saturated carbocycles. The molecule has 2 bridgehead atoms. The van der Waals surface area contributed by atoms with E-state index < -0.39 is 40.8 Å². The fraction of sp³-hybridized carbons (Fsp3) is 0.566. The standard InChI is InChI=1S/C53H63F4N9O6/c1-32-24-41(62(26-33-10-16-39(69-3)17-11-33)27-34-12-18-40(70-4)19-13-34)58-43(42(32)53(55,56)57)45(67)48-59-46-44(66(48)36-8-5-9-36)47(61-49(60-46)71-31-52-22-7-23-64(52)28-35(54)25-52)63-29-37-14-15-38(30-63)65(37)50(68)72-51(2)20-6-21-51/h10-13,16-19,24,35-38,45,67H,5-9,14-15,20-23,25-31H2,1-4H3/t35-,37?,38?,45?,52+/m1/s1. The largest absolute Gasteiger partial charge is 0.497 e. The van der Waals surface area contributed by atoms with Crippen molar-refractivity contribution in [2.75, 3.05) is 56.8 Å². The summed E-state index contributed by atoms with van der Waals surface area (Å²) in [5.74, 6) is 1.96. The number of piperazine rings is 1. The molecule has 3 unspecified atom stereocenters. The quantitative estimate of drug-likeness (QED) is 0.0997. The van der Waals surface area contributed by atoms with Gasteiger partial charge >= 0.3 is 18.3 Å². The van der Waals surface area contributed by atoms with Gasteiger partial charge in [-0.2, -0.15) is 23.1 Å². The van der Waals surface area contributed by atoms with Crippen molar-refractivity contribution >= 4 is 28.9 Å². The van der Waals surface area contributed by atoms with Gasteiger partial charge in [0.25, 0.3) is 0 Å². The maximum absolute atomic E-state index is 15.5. The van der Waals surface area contributed by atoms with Crippen molar-refractivity contribution in [3.63, 3.8) is 0 Å². The highest BCUT2D eigenvalue weighted by molar-refractivity contribution is 5.86. The van der Waals surface area contributed by atoms with Crippen LogP contribution in [0, 0.1) is 6.92 Å². The molecule has 5 aromatic rings. The van der Waals surface area contributed by atoms with E-state index in [1.807, 2.05) is 69.8 Å². The monoisotopic (exact) mass is 997 g/mol. The molecular formula is C53H63F4N9O6. The highest BCUT2D eigenvalue weighted by atomic mass is 19.4. The number of carbonyl (C=O) groups excluding carboxylic acids is 1. The molecule has 6 aliphatic rings. The van der Waals surface area contributed by atoms with Gasteiger partial charge in [-0.1, -0.05) is 24.3 Å². The first-order chi connectivity index (χ1) is 34.6. The number of hydrogen-bond acceptors (Lipinski definition) is 13. The molecule has 2 aliphatic carbocycles. The third-order valence-corrected chi connectivity index (χ3v) is 16.4. The number of fused-ring (bicyclic) bond motifs is 4. The molecule has 11 rings (SSSR count). The van der Waals surface area contributed by atoms with E-state index in [0.29, 0.717) is 61.7 Å². The smallest absolute Gasteiger partial charge is 0.418 e. The van der Waals surface area contributed by atoms with Gasteiger partial charge in [-0.25, -0.2) is 19.2 Å². The molecule has 72 heavy (non-hydrogen) atoms. The third kappa shape index (κ3) is 9.02. The van der Waals surface area contributed by atoms with Crippen LogP contribution in [0.2, 0.25) is 0 Å². The van der Waals surface area contributed by atoms with Gasteiger partial charge in [-0.3, -0.25) is 9.80 Å². The summed E-state index contributed by atoms with van der Waals surface area (Å²) in [7, 11) is 3.16. The van der Waals surface area contributed by atoms with Gasteiger partial charge in [0.2, 0.25) is 0 Å². The third-order valence-electron chi connectivity index (χ3n) is 16.4. The number of pyridine rings is 1. The first-order valence-electron chi connectivity index (χ1n) is 25.5. The Morgan fingerprint density at radius 1 is 0.847 bits per heavy atom. The first kappa shape index (κ1) is 48.3. The number of amides is 1. The van der Waals surface area contributed by atoms with Crippen molar-refractivity contribution in [1.82, 2.24) is 34.3 Å². The van der Waals surface area contributed by atoms with Crippen LogP contribution in [0.3, 0.4) is 0 Å². The summed E-state index contributed by atoms with van der Waals surface area (Å²) in [5.41, 5.74) is -0.382. The predicted octanol–water partition coefficient (Wildman–Crippen LogP) is 9.27. The zero-order valence-corrected chi connectivity index (χ0v) is 41.3. The van der Waals surface area contributed by atoms with Crippen LogP contribution in [0.4, 0.5) is 34.0 Å².